The maximum absolute atomic E-state index is 13.4. The SMILES string of the molecule is CC(C)[C@]12O[C@H]1[C@@H]1O[C@]13[C@]1(O[C@H]1C[C@H]1C4=C(CC[C@@]13C)C(=O)OC4)[C@@H]2OC(=O)CCC(=O)O[C@@H]1OC(CO)[C@H](O)C(O)[C@H]1O. The first kappa shape index (κ1) is 29.2. The minimum absolute atomic E-state index is 0.0298. The van der Waals surface area contributed by atoms with Crippen molar-refractivity contribution in [1.29, 1.82) is 0 Å². The van der Waals surface area contributed by atoms with Crippen molar-refractivity contribution >= 4 is 17.9 Å². The smallest absolute Gasteiger partial charge is 0.334 e. The number of hydrogen-bond acceptors (Lipinski definition) is 14. The van der Waals surface area contributed by atoms with E-state index < -0.39 is 84.0 Å². The van der Waals surface area contributed by atoms with E-state index in [1.165, 1.54) is 0 Å². The molecule has 0 aromatic carbocycles. The van der Waals surface area contributed by atoms with E-state index in [1.54, 1.807) is 0 Å². The first-order valence-electron chi connectivity index (χ1n) is 15.5. The number of cyclic esters (lactones) is 1. The van der Waals surface area contributed by atoms with Crippen LogP contribution in [0.15, 0.2) is 11.1 Å². The molecule has 3 aliphatic carbocycles. The minimum Gasteiger partial charge on any atom is -0.458 e. The number of epoxide rings is 3. The molecule has 4 N–H and O–H groups in total. The predicted molar refractivity (Wildman–Crippen MR) is 140 cm³/mol. The zero-order chi connectivity index (χ0) is 31.1. The van der Waals surface area contributed by atoms with Gasteiger partial charge in [-0.3, -0.25) is 9.59 Å². The number of carbonyl (C=O) groups is 3. The van der Waals surface area contributed by atoms with Crippen molar-refractivity contribution in [3.8, 4) is 0 Å². The highest BCUT2D eigenvalue weighted by atomic mass is 16.8. The Morgan fingerprint density at radius 2 is 1.73 bits per heavy atom. The number of hydrogen-bond donors (Lipinski definition) is 4. The Balaban J connectivity index is 1.00. The molecule has 14 heteroatoms. The molecule has 8 rings (SSSR count). The molecule has 14 nitrogen and oxygen atoms in total. The second-order valence-electron chi connectivity index (χ2n) is 14.1. The number of fused-ring (bicyclic) bond motifs is 4. The van der Waals surface area contributed by atoms with E-state index in [9.17, 15) is 34.8 Å². The van der Waals surface area contributed by atoms with Crippen LogP contribution in [0.1, 0.15) is 52.9 Å². The van der Waals surface area contributed by atoms with Gasteiger partial charge in [0.1, 0.15) is 54.4 Å². The van der Waals surface area contributed by atoms with Gasteiger partial charge in [-0.1, -0.05) is 20.8 Å². The molecule has 0 aromatic rings. The third kappa shape index (κ3) is 3.40. The number of carbonyl (C=O) groups excluding carboxylic acids is 3. The summed E-state index contributed by atoms with van der Waals surface area (Å²) >= 11 is 0. The summed E-state index contributed by atoms with van der Waals surface area (Å²) in [5.41, 5.74) is -1.09. The van der Waals surface area contributed by atoms with Crippen molar-refractivity contribution in [2.24, 2.45) is 17.3 Å². The normalized spacial score (nSPS) is 52.4. The van der Waals surface area contributed by atoms with Crippen LogP contribution in [0.25, 0.3) is 0 Å². The summed E-state index contributed by atoms with van der Waals surface area (Å²) in [5.74, 6) is -1.81. The summed E-state index contributed by atoms with van der Waals surface area (Å²) in [4.78, 5) is 38.4. The van der Waals surface area contributed by atoms with Crippen molar-refractivity contribution in [3.63, 3.8) is 0 Å². The summed E-state index contributed by atoms with van der Waals surface area (Å²) in [6.45, 7) is 5.81. The number of esters is 3. The fraction of sp³-hybridized carbons (Fsp3) is 0.833. The fourth-order valence-corrected chi connectivity index (χ4v) is 9.59. The first-order chi connectivity index (χ1) is 20.9. The van der Waals surface area contributed by atoms with Crippen molar-refractivity contribution in [2.45, 2.75) is 125 Å². The third-order valence-corrected chi connectivity index (χ3v) is 11.9. The van der Waals surface area contributed by atoms with Gasteiger partial charge >= 0.3 is 17.9 Å². The van der Waals surface area contributed by atoms with Crippen LogP contribution in [0.2, 0.25) is 0 Å². The summed E-state index contributed by atoms with van der Waals surface area (Å²) < 4.78 is 41.6. The molecule has 44 heavy (non-hydrogen) atoms. The summed E-state index contributed by atoms with van der Waals surface area (Å²) in [5, 5.41) is 39.4. The molecule has 0 radical (unpaired) electrons. The van der Waals surface area contributed by atoms with Crippen LogP contribution >= 0.6 is 0 Å². The van der Waals surface area contributed by atoms with E-state index in [0.29, 0.717) is 19.3 Å². The zero-order valence-corrected chi connectivity index (χ0v) is 24.7. The van der Waals surface area contributed by atoms with Crippen molar-refractivity contribution < 1.29 is 68.0 Å². The van der Waals surface area contributed by atoms with Crippen molar-refractivity contribution in [1.82, 2.24) is 0 Å². The zero-order valence-electron chi connectivity index (χ0n) is 24.7. The monoisotopic (exact) mass is 622 g/mol. The topological polar surface area (TPSA) is 207 Å². The molecule has 6 fully saturated rings. The summed E-state index contributed by atoms with van der Waals surface area (Å²) in [6, 6.07) is 0. The van der Waals surface area contributed by atoms with Gasteiger partial charge in [-0.15, -0.1) is 0 Å². The van der Waals surface area contributed by atoms with Gasteiger partial charge in [0.2, 0.25) is 6.29 Å². The number of aliphatic hydroxyl groups excluding tert-OH is 4. The van der Waals surface area contributed by atoms with Gasteiger partial charge < -0.3 is 53.6 Å². The third-order valence-electron chi connectivity index (χ3n) is 11.9. The van der Waals surface area contributed by atoms with Gasteiger partial charge in [-0.25, -0.2) is 4.79 Å². The van der Waals surface area contributed by atoms with Crippen LogP contribution in [0, 0.1) is 17.3 Å². The van der Waals surface area contributed by atoms with Crippen molar-refractivity contribution in [2.75, 3.05) is 13.2 Å². The molecular formula is C30H38O14. The van der Waals surface area contributed by atoms with E-state index in [0.717, 1.165) is 11.1 Å². The van der Waals surface area contributed by atoms with Gasteiger partial charge in [0.15, 0.2) is 11.7 Å². The van der Waals surface area contributed by atoms with Crippen LogP contribution in [-0.2, 0) is 47.5 Å². The highest BCUT2D eigenvalue weighted by Crippen LogP contribution is 2.83. The van der Waals surface area contributed by atoms with Gasteiger partial charge in [0, 0.05) is 11.0 Å². The lowest BCUT2D eigenvalue weighted by atomic mass is 9.46. The second kappa shape index (κ2) is 9.22. The average Bonchev–Trinajstić information content (AvgIpc) is 3.90. The van der Waals surface area contributed by atoms with Crippen LogP contribution in [-0.4, -0.2) is 123 Å². The number of ether oxygens (including phenoxy) is 7. The second-order valence-corrected chi connectivity index (χ2v) is 14.1. The molecule has 2 spiro atoms. The molecule has 5 heterocycles. The largest absolute Gasteiger partial charge is 0.458 e. The van der Waals surface area contributed by atoms with E-state index in [-0.39, 0.29) is 49.1 Å². The Labute approximate surface area is 252 Å². The van der Waals surface area contributed by atoms with Crippen LogP contribution in [0.4, 0.5) is 0 Å². The molecule has 5 aliphatic heterocycles. The van der Waals surface area contributed by atoms with Crippen LogP contribution in [0.5, 0.6) is 0 Å². The Kier molecular flexibility index (Phi) is 6.13. The standard InChI is InChI=1S/C30H38O14/c1-11(2)28-22(43-28)23-30(44-23)27(3)7-6-12-13(10-38-24(12)37)14(27)8-16-29(30,42-16)26(28)41-18(33)5-4-17(32)40-25-21(36)20(35)19(34)15(9-31)39-25/h11,14-16,19-23,25-26,31,34-36H,4-10H2,1-3H3/t14-,15?,16-,19-,20?,21+,22-,23-,25-,26+,27-,28-,29+,30+/m0/s1. The summed E-state index contributed by atoms with van der Waals surface area (Å²) in [7, 11) is 0. The molecule has 242 valence electrons. The van der Waals surface area contributed by atoms with E-state index in [2.05, 4.69) is 6.92 Å². The molecule has 2 unspecified atom stereocenters. The van der Waals surface area contributed by atoms with Crippen LogP contribution in [0.3, 0.4) is 0 Å². The van der Waals surface area contributed by atoms with E-state index >= 15 is 0 Å². The van der Waals surface area contributed by atoms with Crippen molar-refractivity contribution in [3.05, 3.63) is 11.1 Å². The maximum atomic E-state index is 13.4. The Morgan fingerprint density at radius 3 is 2.43 bits per heavy atom. The van der Waals surface area contributed by atoms with Gasteiger partial charge in [-0.05, 0) is 36.7 Å². The highest BCUT2D eigenvalue weighted by Gasteiger charge is 3.01. The molecule has 0 amide bonds. The molecular weight excluding hydrogens is 584 g/mol. The fourth-order valence-electron chi connectivity index (χ4n) is 9.59. The van der Waals surface area contributed by atoms with E-state index in [1.807, 2.05) is 13.8 Å². The Morgan fingerprint density at radius 1 is 1.00 bits per heavy atom. The average molecular weight is 623 g/mol. The Hall–Kier alpha value is -2.17. The predicted octanol–water partition coefficient (Wildman–Crippen LogP) is -1.22. The Bertz CT molecular complexity index is 1340. The minimum atomic E-state index is -1.75. The van der Waals surface area contributed by atoms with Gasteiger partial charge in [0.25, 0.3) is 0 Å². The lowest BCUT2D eigenvalue weighted by Crippen LogP contribution is -2.70. The maximum Gasteiger partial charge on any atom is 0.334 e. The van der Waals surface area contributed by atoms with E-state index in [4.69, 9.17) is 33.2 Å². The molecule has 0 bridgehead atoms. The molecule has 2 saturated carbocycles. The van der Waals surface area contributed by atoms with Crippen LogP contribution < -0.4 is 0 Å². The summed E-state index contributed by atoms with van der Waals surface area (Å²) in [6.07, 6.45) is -8.33. The van der Waals surface area contributed by atoms with Gasteiger partial charge in [0.05, 0.1) is 25.6 Å². The lowest BCUT2D eigenvalue weighted by molar-refractivity contribution is -0.292. The first-order valence-corrected chi connectivity index (χ1v) is 15.5. The molecule has 8 aliphatic rings. The molecule has 14 atom stereocenters. The number of aliphatic hydroxyl groups is 4. The quantitative estimate of drug-likeness (QED) is 0.149. The van der Waals surface area contributed by atoms with Gasteiger partial charge in [-0.2, -0.15) is 0 Å². The number of rotatable bonds is 7. The molecule has 0 aromatic heterocycles. The molecule has 4 saturated heterocycles. The highest BCUT2D eigenvalue weighted by molar-refractivity contribution is 5.92. The lowest BCUT2D eigenvalue weighted by Gasteiger charge is -2.53.